The van der Waals surface area contributed by atoms with E-state index in [4.69, 9.17) is 4.74 Å². The number of fused-ring (bicyclic) bond motifs is 1. The van der Waals surface area contributed by atoms with Crippen molar-refractivity contribution in [1.29, 1.82) is 0 Å². The molecule has 3 aromatic rings. The van der Waals surface area contributed by atoms with Gasteiger partial charge in [-0.05, 0) is 43.3 Å². The molecule has 0 aliphatic carbocycles. The van der Waals surface area contributed by atoms with Crippen molar-refractivity contribution < 1.29 is 17.9 Å². The zero-order valence-electron chi connectivity index (χ0n) is 12.8. The third kappa shape index (κ3) is 3.40. The standard InChI is InChI=1S/C17H14F3N3O/c1-2-24-12-9-7-11(8-10-12)21-15-13-5-3-4-6-14(13)22-16(23-15)17(18,19)20/h3-10H,2H2,1H3,(H,21,22,23). The summed E-state index contributed by atoms with van der Waals surface area (Å²) >= 11 is 0. The summed E-state index contributed by atoms with van der Waals surface area (Å²) in [6.45, 7) is 2.41. The number of anilines is 2. The molecule has 0 saturated carbocycles. The maximum absolute atomic E-state index is 13.0. The second-order valence-electron chi connectivity index (χ2n) is 4.99. The van der Waals surface area contributed by atoms with Gasteiger partial charge < -0.3 is 10.1 Å². The molecule has 0 unspecified atom stereocenters. The largest absolute Gasteiger partial charge is 0.494 e. The first-order valence-corrected chi connectivity index (χ1v) is 7.31. The van der Waals surface area contributed by atoms with Crippen LogP contribution in [-0.4, -0.2) is 16.6 Å². The lowest BCUT2D eigenvalue weighted by Crippen LogP contribution is -2.12. The molecule has 0 aliphatic heterocycles. The minimum atomic E-state index is -4.61. The predicted octanol–water partition coefficient (Wildman–Crippen LogP) is 4.79. The molecule has 0 saturated heterocycles. The number of ether oxygens (including phenoxy) is 1. The summed E-state index contributed by atoms with van der Waals surface area (Å²) in [7, 11) is 0. The maximum atomic E-state index is 13.0. The third-order valence-corrected chi connectivity index (χ3v) is 3.28. The lowest BCUT2D eigenvalue weighted by atomic mass is 10.2. The topological polar surface area (TPSA) is 47.0 Å². The lowest BCUT2D eigenvalue weighted by Gasteiger charge is -2.12. The van der Waals surface area contributed by atoms with Gasteiger partial charge in [-0.15, -0.1) is 0 Å². The first-order chi connectivity index (χ1) is 11.5. The number of rotatable bonds is 4. The molecular formula is C17H14F3N3O. The fourth-order valence-electron chi connectivity index (χ4n) is 2.24. The Labute approximate surface area is 136 Å². The molecule has 24 heavy (non-hydrogen) atoms. The fourth-order valence-corrected chi connectivity index (χ4v) is 2.24. The number of nitrogens with one attached hydrogen (secondary N) is 1. The van der Waals surface area contributed by atoms with Crippen LogP contribution in [0.1, 0.15) is 12.7 Å². The molecule has 1 aromatic heterocycles. The Balaban J connectivity index is 2.01. The van der Waals surface area contributed by atoms with Crippen molar-refractivity contribution in [2.45, 2.75) is 13.1 Å². The summed E-state index contributed by atoms with van der Waals surface area (Å²) in [5.41, 5.74) is 0.837. The lowest BCUT2D eigenvalue weighted by molar-refractivity contribution is -0.144. The van der Waals surface area contributed by atoms with Gasteiger partial charge in [-0.3, -0.25) is 0 Å². The van der Waals surface area contributed by atoms with Crippen LogP contribution in [0.4, 0.5) is 24.7 Å². The van der Waals surface area contributed by atoms with Gasteiger partial charge in [0.15, 0.2) is 0 Å². The third-order valence-electron chi connectivity index (χ3n) is 3.28. The molecule has 0 bridgehead atoms. The van der Waals surface area contributed by atoms with E-state index in [1.54, 1.807) is 42.5 Å². The van der Waals surface area contributed by atoms with Crippen LogP contribution >= 0.6 is 0 Å². The highest BCUT2D eigenvalue weighted by molar-refractivity contribution is 5.90. The number of alkyl halides is 3. The fraction of sp³-hybridized carbons (Fsp3) is 0.176. The quantitative estimate of drug-likeness (QED) is 0.746. The van der Waals surface area contributed by atoms with E-state index in [-0.39, 0.29) is 11.3 Å². The molecule has 0 radical (unpaired) electrons. The Kier molecular flexibility index (Phi) is 4.24. The normalized spacial score (nSPS) is 11.5. The van der Waals surface area contributed by atoms with Crippen LogP contribution in [0, 0.1) is 0 Å². The second kappa shape index (κ2) is 6.35. The minimum absolute atomic E-state index is 0.108. The van der Waals surface area contributed by atoms with Gasteiger partial charge in [0, 0.05) is 11.1 Å². The van der Waals surface area contributed by atoms with Gasteiger partial charge in [0.25, 0.3) is 0 Å². The molecule has 4 nitrogen and oxygen atoms in total. The number of halogens is 3. The molecule has 0 atom stereocenters. The van der Waals surface area contributed by atoms with E-state index in [1.807, 2.05) is 6.92 Å². The number of benzene rings is 2. The Bertz CT molecular complexity index is 848. The van der Waals surface area contributed by atoms with E-state index >= 15 is 0 Å². The monoisotopic (exact) mass is 333 g/mol. The van der Waals surface area contributed by atoms with Gasteiger partial charge in [-0.2, -0.15) is 13.2 Å². The Hall–Kier alpha value is -2.83. The molecule has 1 heterocycles. The van der Waals surface area contributed by atoms with E-state index in [1.165, 1.54) is 6.07 Å². The van der Waals surface area contributed by atoms with Crippen molar-refractivity contribution in [3.8, 4) is 5.75 Å². The number of nitrogens with zero attached hydrogens (tertiary/aromatic N) is 2. The van der Waals surface area contributed by atoms with Gasteiger partial charge in [0.1, 0.15) is 11.6 Å². The summed E-state index contributed by atoms with van der Waals surface area (Å²) in [5.74, 6) is -0.377. The molecule has 0 spiro atoms. The van der Waals surface area contributed by atoms with Crippen LogP contribution in [0.5, 0.6) is 5.75 Å². The molecule has 0 aliphatic rings. The minimum Gasteiger partial charge on any atom is -0.494 e. The van der Waals surface area contributed by atoms with Crippen LogP contribution in [0.15, 0.2) is 48.5 Å². The van der Waals surface area contributed by atoms with Crippen LogP contribution in [0.25, 0.3) is 10.9 Å². The van der Waals surface area contributed by atoms with Crippen molar-refractivity contribution in [1.82, 2.24) is 9.97 Å². The number of para-hydroxylation sites is 1. The van der Waals surface area contributed by atoms with E-state index in [9.17, 15) is 13.2 Å². The molecule has 0 fully saturated rings. The Morgan fingerprint density at radius 3 is 2.38 bits per heavy atom. The van der Waals surface area contributed by atoms with Crippen molar-refractivity contribution in [2.24, 2.45) is 0 Å². The number of aromatic nitrogens is 2. The molecular weight excluding hydrogens is 319 g/mol. The van der Waals surface area contributed by atoms with E-state index in [0.717, 1.165) is 0 Å². The summed E-state index contributed by atoms with van der Waals surface area (Å²) in [6, 6.07) is 13.5. The van der Waals surface area contributed by atoms with E-state index in [0.29, 0.717) is 23.4 Å². The van der Waals surface area contributed by atoms with Crippen molar-refractivity contribution in [2.75, 3.05) is 11.9 Å². The summed E-state index contributed by atoms with van der Waals surface area (Å²) in [4.78, 5) is 7.24. The summed E-state index contributed by atoms with van der Waals surface area (Å²) < 4.78 is 44.4. The van der Waals surface area contributed by atoms with Crippen LogP contribution < -0.4 is 10.1 Å². The van der Waals surface area contributed by atoms with Gasteiger partial charge >= 0.3 is 6.18 Å². The summed E-state index contributed by atoms with van der Waals surface area (Å²) in [6.07, 6.45) is -4.61. The number of hydrogen-bond acceptors (Lipinski definition) is 4. The smallest absolute Gasteiger partial charge is 0.451 e. The van der Waals surface area contributed by atoms with Crippen molar-refractivity contribution >= 4 is 22.4 Å². The molecule has 7 heteroatoms. The second-order valence-corrected chi connectivity index (χ2v) is 4.99. The first-order valence-electron chi connectivity index (χ1n) is 7.31. The highest BCUT2D eigenvalue weighted by Gasteiger charge is 2.35. The van der Waals surface area contributed by atoms with Gasteiger partial charge in [-0.1, -0.05) is 12.1 Å². The molecule has 2 aromatic carbocycles. The molecule has 124 valence electrons. The average molecular weight is 333 g/mol. The van der Waals surface area contributed by atoms with Crippen molar-refractivity contribution in [3.63, 3.8) is 0 Å². The number of hydrogen-bond donors (Lipinski definition) is 1. The molecule has 1 N–H and O–H groups in total. The van der Waals surface area contributed by atoms with Gasteiger partial charge in [-0.25, -0.2) is 9.97 Å². The van der Waals surface area contributed by atoms with Crippen molar-refractivity contribution in [3.05, 3.63) is 54.4 Å². The van der Waals surface area contributed by atoms with Crippen LogP contribution in [0.2, 0.25) is 0 Å². The van der Waals surface area contributed by atoms with Gasteiger partial charge in [0.05, 0.1) is 12.1 Å². The average Bonchev–Trinajstić information content (AvgIpc) is 2.56. The van der Waals surface area contributed by atoms with Crippen LogP contribution in [0.3, 0.4) is 0 Å². The SMILES string of the molecule is CCOc1ccc(Nc2nc(C(F)(F)F)nc3ccccc23)cc1. The Morgan fingerprint density at radius 1 is 1.00 bits per heavy atom. The highest BCUT2D eigenvalue weighted by Crippen LogP contribution is 2.31. The highest BCUT2D eigenvalue weighted by atomic mass is 19.4. The predicted molar refractivity (Wildman–Crippen MR) is 85.4 cm³/mol. The first kappa shape index (κ1) is 16.0. The van der Waals surface area contributed by atoms with Gasteiger partial charge in [0.2, 0.25) is 5.82 Å². The molecule has 3 rings (SSSR count). The maximum Gasteiger partial charge on any atom is 0.451 e. The van der Waals surface area contributed by atoms with Crippen LogP contribution in [-0.2, 0) is 6.18 Å². The zero-order chi connectivity index (χ0) is 17.2. The Morgan fingerprint density at radius 2 is 1.71 bits per heavy atom. The van der Waals surface area contributed by atoms with E-state index < -0.39 is 12.0 Å². The molecule has 0 amide bonds. The summed E-state index contributed by atoms with van der Waals surface area (Å²) in [5, 5.41) is 3.44. The zero-order valence-corrected chi connectivity index (χ0v) is 12.8. The van der Waals surface area contributed by atoms with E-state index in [2.05, 4.69) is 15.3 Å².